The Kier molecular flexibility index (Phi) is 5.05. The monoisotopic (exact) mass is 367 g/mol. The minimum Gasteiger partial charge on any atom is -0.345 e. The third-order valence-corrected chi connectivity index (χ3v) is 5.53. The molecule has 2 aromatic rings. The number of hydrogen-bond donors (Lipinski definition) is 1. The highest BCUT2D eigenvalue weighted by atomic mass is 32.2. The summed E-state index contributed by atoms with van der Waals surface area (Å²) in [6.45, 7) is 3.38. The van der Waals surface area contributed by atoms with Gasteiger partial charge < -0.3 is 4.90 Å². The lowest BCUT2D eigenvalue weighted by Crippen LogP contribution is -2.30. The second-order valence-corrected chi connectivity index (χ2v) is 8.20. The van der Waals surface area contributed by atoms with Crippen molar-refractivity contribution in [1.29, 1.82) is 0 Å². The van der Waals surface area contributed by atoms with Gasteiger partial charge in [0.1, 0.15) is 4.88 Å². The van der Waals surface area contributed by atoms with Crippen LogP contribution < -0.4 is 4.72 Å². The number of carbonyl (C=O) groups excluding carboxylic acids is 2. The summed E-state index contributed by atoms with van der Waals surface area (Å²) in [6, 6.07) is 5.54. The van der Waals surface area contributed by atoms with Crippen molar-refractivity contribution in [2.45, 2.75) is 18.7 Å². The zero-order valence-corrected chi connectivity index (χ0v) is 15.3. The molecule has 0 spiro atoms. The molecule has 0 unspecified atom stereocenters. The Morgan fingerprint density at radius 1 is 1.21 bits per heavy atom. The molecule has 7 nitrogen and oxygen atoms in total. The minimum absolute atomic E-state index is 0.151. The zero-order valence-electron chi connectivity index (χ0n) is 13.7. The van der Waals surface area contributed by atoms with Gasteiger partial charge in [-0.1, -0.05) is 6.07 Å². The maximum absolute atomic E-state index is 12.4. The number of sulfonamides is 1. The highest BCUT2D eigenvalue weighted by Gasteiger charge is 2.23. The Morgan fingerprint density at radius 2 is 1.88 bits per heavy atom. The maximum atomic E-state index is 12.4. The topological polar surface area (TPSA) is 96.4 Å². The summed E-state index contributed by atoms with van der Waals surface area (Å²) in [4.78, 5) is 29.7. The molecule has 2 amide bonds. The summed E-state index contributed by atoms with van der Waals surface area (Å²) in [7, 11) is -0.949. The van der Waals surface area contributed by atoms with E-state index in [2.05, 4.69) is 4.98 Å². The smallest absolute Gasteiger partial charge is 0.276 e. The molecule has 2 rings (SSSR count). The van der Waals surface area contributed by atoms with E-state index in [0.29, 0.717) is 10.7 Å². The van der Waals surface area contributed by atoms with Gasteiger partial charge >= 0.3 is 0 Å². The van der Waals surface area contributed by atoms with Gasteiger partial charge in [-0.25, -0.2) is 18.1 Å². The van der Waals surface area contributed by atoms with Crippen molar-refractivity contribution in [3.63, 3.8) is 0 Å². The largest absolute Gasteiger partial charge is 0.345 e. The second-order valence-electron chi connectivity index (χ2n) is 5.31. The fourth-order valence-corrected chi connectivity index (χ4v) is 3.91. The first-order chi connectivity index (χ1) is 11.1. The number of benzene rings is 1. The lowest BCUT2D eigenvalue weighted by molar-refractivity contribution is 0.0827. The van der Waals surface area contributed by atoms with Crippen molar-refractivity contribution < 1.29 is 18.0 Å². The van der Waals surface area contributed by atoms with Gasteiger partial charge in [0.2, 0.25) is 0 Å². The summed E-state index contributed by atoms with van der Waals surface area (Å²) >= 11 is 1.12. The number of aromatic nitrogens is 1. The van der Waals surface area contributed by atoms with E-state index in [0.717, 1.165) is 11.3 Å². The van der Waals surface area contributed by atoms with Crippen LogP contribution in [0.5, 0.6) is 0 Å². The van der Waals surface area contributed by atoms with Crippen LogP contribution in [0.15, 0.2) is 29.2 Å². The van der Waals surface area contributed by atoms with Gasteiger partial charge in [-0.3, -0.25) is 9.59 Å². The van der Waals surface area contributed by atoms with Crippen LogP contribution in [-0.4, -0.2) is 44.2 Å². The van der Waals surface area contributed by atoms with Crippen molar-refractivity contribution in [1.82, 2.24) is 14.6 Å². The standard InChI is InChI=1S/C15H17N3O4S2/c1-9-13(23-10(2)16-9)14(19)17-24(21,22)12-7-5-6-11(8-12)15(20)18(3)4/h5-8H,1-4H3,(H,17,19). The summed E-state index contributed by atoms with van der Waals surface area (Å²) < 4.78 is 26.8. The van der Waals surface area contributed by atoms with Gasteiger partial charge in [0.15, 0.2) is 0 Å². The van der Waals surface area contributed by atoms with Gasteiger partial charge in [-0.05, 0) is 32.0 Å². The van der Waals surface area contributed by atoms with Crippen LogP contribution in [0.2, 0.25) is 0 Å². The van der Waals surface area contributed by atoms with Crippen LogP contribution in [-0.2, 0) is 10.0 Å². The molecule has 0 saturated carbocycles. The van der Waals surface area contributed by atoms with Gasteiger partial charge in [-0.2, -0.15) is 0 Å². The average Bonchev–Trinajstić information content (AvgIpc) is 2.85. The van der Waals surface area contributed by atoms with Gasteiger partial charge in [-0.15, -0.1) is 11.3 Å². The fraction of sp³-hybridized carbons (Fsp3) is 0.267. The molecule has 0 aliphatic carbocycles. The summed E-state index contributed by atoms with van der Waals surface area (Å²) in [5.74, 6) is -1.06. The van der Waals surface area contributed by atoms with Crippen LogP contribution in [0.4, 0.5) is 0 Å². The molecule has 0 radical (unpaired) electrons. The molecule has 1 aromatic carbocycles. The van der Waals surface area contributed by atoms with Crippen molar-refractivity contribution in [3.8, 4) is 0 Å². The molecule has 1 aromatic heterocycles. The Bertz CT molecular complexity index is 901. The van der Waals surface area contributed by atoms with Crippen LogP contribution in [0, 0.1) is 13.8 Å². The first kappa shape index (κ1) is 18.1. The summed E-state index contributed by atoms with van der Waals surface area (Å²) in [5.41, 5.74) is 0.696. The molecule has 0 aliphatic rings. The van der Waals surface area contributed by atoms with E-state index in [-0.39, 0.29) is 21.2 Å². The number of nitrogens with zero attached hydrogens (tertiary/aromatic N) is 2. The lowest BCUT2D eigenvalue weighted by atomic mass is 10.2. The Balaban J connectivity index is 2.31. The van der Waals surface area contributed by atoms with E-state index in [1.807, 2.05) is 4.72 Å². The third kappa shape index (κ3) is 3.80. The zero-order chi connectivity index (χ0) is 18.1. The number of nitrogens with one attached hydrogen (secondary N) is 1. The number of aryl methyl sites for hydroxylation is 2. The molecule has 24 heavy (non-hydrogen) atoms. The van der Waals surface area contributed by atoms with E-state index >= 15 is 0 Å². The van der Waals surface area contributed by atoms with E-state index in [1.165, 1.54) is 29.2 Å². The van der Waals surface area contributed by atoms with Gasteiger partial charge in [0, 0.05) is 19.7 Å². The molecule has 0 aliphatic heterocycles. The average molecular weight is 367 g/mol. The predicted molar refractivity (Wildman–Crippen MR) is 90.7 cm³/mol. The molecular formula is C15H17N3O4S2. The number of hydrogen-bond acceptors (Lipinski definition) is 6. The number of carbonyl (C=O) groups is 2. The molecule has 1 heterocycles. The van der Waals surface area contributed by atoms with Crippen LogP contribution in [0.25, 0.3) is 0 Å². The molecule has 128 valence electrons. The first-order valence-corrected chi connectivity index (χ1v) is 9.24. The minimum atomic E-state index is -4.09. The summed E-state index contributed by atoms with van der Waals surface area (Å²) in [5, 5.41) is 0.675. The van der Waals surface area contributed by atoms with Crippen molar-refractivity contribution >= 4 is 33.2 Å². The number of rotatable bonds is 4. The Morgan fingerprint density at radius 3 is 2.42 bits per heavy atom. The molecule has 9 heteroatoms. The molecule has 0 atom stereocenters. The van der Waals surface area contributed by atoms with E-state index in [1.54, 1.807) is 27.9 Å². The molecule has 0 saturated heterocycles. The SMILES string of the molecule is Cc1nc(C)c(C(=O)NS(=O)(=O)c2cccc(C(=O)N(C)C)c2)s1. The highest BCUT2D eigenvalue weighted by Crippen LogP contribution is 2.18. The Hall–Kier alpha value is -2.26. The second kappa shape index (κ2) is 6.70. The molecule has 0 fully saturated rings. The highest BCUT2D eigenvalue weighted by molar-refractivity contribution is 7.90. The van der Waals surface area contributed by atoms with E-state index in [4.69, 9.17) is 0 Å². The quantitative estimate of drug-likeness (QED) is 0.885. The molecule has 0 bridgehead atoms. The fourth-order valence-electron chi connectivity index (χ4n) is 2.02. The maximum Gasteiger partial charge on any atom is 0.276 e. The van der Waals surface area contributed by atoms with Gasteiger partial charge in [0.25, 0.3) is 21.8 Å². The lowest BCUT2D eigenvalue weighted by Gasteiger charge is -2.11. The molecule has 1 N–H and O–H groups in total. The first-order valence-electron chi connectivity index (χ1n) is 6.94. The Labute approximate surface area is 144 Å². The van der Waals surface area contributed by atoms with Crippen LogP contribution >= 0.6 is 11.3 Å². The van der Waals surface area contributed by atoms with E-state index < -0.39 is 15.9 Å². The van der Waals surface area contributed by atoms with Crippen LogP contribution in [0.3, 0.4) is 0 Å². The van der Waals surface area contributed by atoms with Crippen LogP contribution in [0.1, 0.15) is 30.7 Å². The van der Waals surface area contributed by atoms with Crippen molar-refractivity contribution in [3.05, 3.63) is 45.4 Å². The number of amides is 2. The van der Waals surface area contributed by atoms with E-state index in [9.17, 15) is 18.0 Å². The predicted octanol–water partition coefficient (Wildman–Crippen LogP) is 1.58. The van der Waals surface area contributed by atoms with Crippen molar-refractivity contribution in [2.24, 2.45) is 0 Å². The normalized spacial score (nSPS) is 11.2. The van der Waals surface area contributed by atoms with Gasteiger partial charge in [0.05, 0.1) is 15.6 Å². The third-order valence-electron chi connectivity index (χ3n) is 3.13. The summed E-state index contributed by atoms with van der Waals surface area (Å²) in [6.07, 6.45) is 0. The van der Waals surface area contributed by atoms with Crippen molar-refractivity contribution in [2.75, 3.05) is 14.1 Å². The molecular weight excluding hydrogens is 350 g/mol. The number of thiazole rings is 1.